The molecule has 0 radical (unpaired) electrons. The molecule has 1 aliphatic heterocycles. The van der Waals surface area contributed by atoms with E-state index in [1.54, 1.807) is 4.90 Å². The fourth-order valence-electron chi connectivity index (χ4n) is 2.94. The topological polar surface area (TPSA) is 53.3 Å². The highest BCUT2D eigenvalue weighted by Crippen LogP contribution is 2.64. The number of rotatable bonds is 0. The Morgan fingerprint density at radius 2 is 2.06 bits per heavy atom. The Hall–Kier alpha value is -1.24. The Labute approximate surface area is 103 Å². The molecule has 0 aromatic heterocycles. The minimum atomic E-state index is -0.501. The second-order valence-corrected chi connectivity index (χ2v) is 6.66. The van der Waals surface area contributed by atoms with Crippen molar-refractivity contribution in [1.29, 1.82) is 5.26 Å². The molecule has 0 aromatic carbocycles. The van der Waals surface area contributed by atoms with Gasteiger partial charge in [0.15, 0.2) is 0 Å². The van der Waals surface area contributed by atoms with Gasteiger partial charge in [-0.25, -0.2) is 4.79 Å². The molecule has 2 fully saturated rings. The Bertz CT molecular complexity index is 389. The Balaban J connectivity index is 2.06. The predicted molar refractivity (Wildman–Crippen MR) is 63.1 cm³/mol. The van der Waals surface area contributed by atoms with E-state index in [0.29, 0.717) is 18.4 Å². The third-order valence-electron chi connectivity index (χ3n) is 3.97. The van der Waals surface area contributed by atoms with E-state index in [1.807, 2.05) is 20.8 Å². The number of likely N-dealkylation sites (tertiary alicyclic amines) is 1. The predicted octanol–water partition coefficient (Wildman–Crippen LogP) is 2.40. The Kier molecular flexibility index (Phi) is 2.43. The van der Waals surface area contributed by atoms with Crippen LogP contribution in [0.5, 0.6) is 0 Å². The molecule has 2 aliphatic rings. The molecule has 4 heteroatoms. The zero-order chi connectivity index (χ0) is 13.0. The highest BCUT2D eigenvalue weighted by atomic mass is 16.6. The van der Waals surface area contributed by atoms with Crippen LogP contribution in [0.3, 0.4) is 0 Å². The number of nitriles is 1. The molecule has 3 unspecified atom stereocenters. The summed E-state index contributed by atoms with van der Waals surface area (Å²) in [4.78, 5) is 13.5. The van der Waals surface area contributed by atoms with E-state index in [2.05, 4.69) is 19.9 Å². The van der Waals surface area contributed by atoms with Crippen molar-refractivity contribution in [3.63, 3.8) is 0 Å². The third kappa shape index (κ3) is 1.88. The molecule has 1 amide bonds. The minimum Gasteiger partial charge on any atom is -0.444 e. The fraction of sp³-hybridized carbons (Fsp3) is 0.846. The molecular weight excluding hydrogens is 216 g/mol. The summed E-state index contributed by atoms with van der Waals surface area (Å²) in [6.07, 6.45) is -0.355. The van der Waals surface area contributed by atoms with Gasteiger partial charge in [0, 0.05) is 12.5 Å². The molecule has 0 bridgehead atoms. The molecule has 1 aliphatic carbocycles. The van der Waals surface area contributed by atoms with Gasteiger partial charge in [-0.15, -0.1) is 0 Å². The van der Waals surface area contributed by atoms with Gasteiger partial charge in [-0.2, -0.15) is 5.26 Å². The standard InChI is InChI=1S/C13H20N2O2/c1-12(2,3)17-11(16)15-7-8-10(9(15)6-14)13(8,4)5/h8-10H,7H2,1-5H3. The van der Waals surface area contributed by atoms with Crippen LogP contribution in [0.25, 0.3) is 0 Å². The first-order chi connectivity index (χ1) is 7.68. The van der Waals surface area contributed by atoms with Crippen molar-refractivity contribution in [1.82, 2.24) is 4.90 Å². The van der Waals surface area contributed by atoms with Crippen molar-refractivity contribution in [2.24, 2.45) is 17.3 Å². The van der Waals surface area contributed by atoms with Crippen molar-refractivity contribution in [2.75, 3.05) is 6.54 Å². The maximum absolute atomic E-state index is 12.0. The zero-order valence-electron chi connectivity index (χ0n) is 11.2. The van der Waals surface area contributed by atoms with Crippen molar-refractivity contribution >= 4 is 6.09 Å². The highest BCUT2D eigenvalue weighted by Gasteiger charge is 2.68. The normalized spacial score (nSPS) is 33.9. The molecule has 1 saturated heterocycles. The van der Waals surface area contributed by atoms with Gasteiger partial charge in [0.1, 0.15) is 11.6 Å². The number of hydrogen-bond acceptors (Lipinski definition) is 3. The lowest BCUT2D eigenvalue weighted by molar-refractivity contribution is 0.0209. The third-order valence-corrected chi connectivity index (χ3v) is 3.97. The van der Waals surface area contributed by atoms with E-state index >= 15 is 0 Å². The maximum atomic E-state index is 12.0. The van der Waals surface area contributed by atoms with Crippen molar-refractivity contribution in [2.45, 2.75) is 46.3 Å². The van der Waals surface area contributed by atoms with E-state index in [-0.39, 0.29) is 17.6 Å². The van der Waals surface area contributed by atoms with Crippen LogP contribution in [0.2, 0.25) is 0 Å². The van der Waals surface area contributed by atoms with Gasteiger partial charge in [-0.3, -0.25) is 4.90 Å². The number of piperidine rings is 1. The lowest BCUT2D eigenvalue weighted by Gasteiger charge is -2.29. The van der Waals surface area contributed by atoms with Gasteiger partial charge >= 0.3 is 6.09 Å². The fourth-order valence-corrected chi connectivity index (χ4v) is 2.94. The molecule has 0 spiro atoms. The van der Waals surface area contributed by atoms with Crippen molar-refractivity contribution in [3.8, 4) is 6.07 Å². The van der Waals surface area contributed by atoms with Crippen LogP contribution >= 0.6 is 0 Å². The first-order valence-electron chi connectivity index (χ1n) is 6.07. The Morgan fingerprint density at radius 3 is 2.53 bits per heavy atom. The molecule has 0 N–H and O–H groups in total. The van der Waals surface area contributed by atoms with E-state index in [1.165, 1.54) is 0 Å². The van der Waals surface area contributed by atoms with Gasteiger partial charge in [0.2, 0.25) is 0 Å². The molecule has 1 heterocycles. The van der Waals surface area contributed by atoms with Gasteiger partial charge in [0.05, 0.1) is 6.07 Å². The number of carbonyl (C=O) groups excluding carboxylic acids is 1. The molecule has 4 nitrogen and oxygen atoms in total. The van der Waals surface area contributed by atoms with Gasteiger partial charge in [0.25, 0.3) is 0 Å². The second kappa shape index (κ2) is 3.38. The molecule has 0 aromatic rings. The summed E-state index contributed by atoms with van der Waals surface area (Å²) in [6, 6.07) is 1.94. The molecule has 17 heavy (non-hydrogen) atoms. The Morgan fingerprint density at radius 1 is 1.47 bits per heavy atom. The van der Waals surface area contributed by atoms with Crippen molar-refractivity contribution in [3.05, 3.63) is 0 Å². The van der Waals surface area contributed by atoms with E-state index in [9.17, 15) is 10.1 Å². The number of hydrogen-bond donors (Lipinski definition) is 0. The summed E-state index contributed by atoms with van der Waals surface area (Å²) < 4.78 is 5.33. The largest absolute Gasteiger partial charge is 0.444 e. The molecule has 94 valence electrons. The summed E-state index contributed by atoms with van der Waals surface area (Å²) in [7, 11) is 0. The van der Waals surface area contributed by atoms with Crippen LogP contribution in [0.4, 0.5) is 4.79 Å². The second-order valence-electron chi connectivity index (χ2n) is 6.66. The molecular formula is C13H20N2O2. The van der Waals surface area contributed by atoms with E-state index in [4.69, 9.17) is 4.74 Å². The average Bonchev–Trinajstić information content (AvgIpc) is 2.59. The lowest BCUT2D eigenvalue weighted by atomic mass is 10.0. The monoisotopic (exact) mass is 236 g/mol. The zero-order valence-corrected chi connectivity index (χ0v) is 11.2. The van der Waals surface area contributed by atoms with Crippen molar-refractivity contribution < 1.29 is 9.53 Å². The van der Waals surface area contributed by atoms with Crippen LogP contribution in [0, 0.1) is 28.6 Å². The smallest absolute Gasteiger partial charge is 0.411 e. The van der Waals surface area contributed by atoms with E-state index in [0.717, 1.165) is 0 Å². The molecule has 2 rings (SSSR count). The van der Waals surface area contributed by atoms with Gasteiger partial charge in [-0.05, 0) is 32.1 Å². The number of fused-ring (bicyclic) bond motifs is 1. The van der Waals surface area contributed by atoms with Crippen LogP contribution in [0.1, 0.15) is 34.6 Å². The summed E-state index contributed by atoms with van der Waals surface area (Å²) in [5, 5.41) is 9.21. The highest BCUT2D eigenvalue weighted by molar-refractivity contribution is 5.70. The summed E-state index contributed by atoms with van der Waals surface area (Å²) in [5.74, 6) is 0.777. The van der Waals surface area contributed by atoms with Crippen LogP contribution in [-0.4, -0.2) is 29.2 Å². The summed E-state index contributed by atoms with van der Waals surface area (Å²) in [5.41, 5.74) is -0.293. The summed E-state index contributed by atoms with van der Waals surface area (Å²) >= 11 is 0. The van der Waals surface area contributed by atoms with E-state index < -0.39 is 5.60 Å². The quantitative estimate of drug-likeness (QED) is 0.649. The SMILES string of the molecule is CC(C)(C)OC(=O)N1CC2C(C1C#N)C2(C)C. The maximum Gasteiger partial charge on any atom is 0.411 e. The van der Waals surface area contributed by atoms with Crippen LogP contribution in [0.15, 0.2) is 0 Å². The van der Waals surface area contributed by atoms with Crippen LogP contribution in [-0.2, 0) is 4.74 Å². The van der Waals surface area contributed by atoms with Gasteiger partial charge in [-0.1, -0.05) is 13.8 Å². The first kappa shape index (κ1) is 12.2. The first-order valence-corrected chi connectivity index (χ1v) is 6.07. The number of ether oxygens (including phenoxy) is 1. The average molecular weight is 236 g/mol. The lowest BCUT2D eigenvalue weighted by Crippen LogP contribution is -2.43. The summed E-state index contributed by atoms with van der Waals surface area (Å²) in [6.45, 7) is 10.5. The number of carbonyl (C=O) groups is 1. The molecule has 1 saturated carbocycles. The van der Waals surface area contributed by atoms with Gasteiger partial charge < -0.3 is 4.74 Å². The number of nitrogens with zero attached hydrogens (tertiary/aromatic N) is 2. The number of amides is 1. The minimum absolute atomic E-state index is 0.207. The molecule has 3 atom stereocenters. The van der Waals surface area contributed by atoms with Crippen LogP contribution < -0.4 is 0 Å².